The number of hydrogen-bond donors (Lipinski definition) is 0. The van der Waals surface area contributed by atoms with Crippen molar-refractivity contribution < 1.29 is 33.3 Å². The van der Waals surface area contributed by atoms with Gasteiger partial charge in [0.2, 0.25) is 0 Å². The van der Waals surface area contributed by atoms with Gasteiger partial charge in [0, 0.05) is 21.0 Å². The van der Waals surface area contributed by atoms with Crippen molar-refractivity contribution >= 4 is 11.9 Å². The Labute approximate surface area is 217 Å². The summed E-state index contributed by atoms with van der Waals surface area (Å²) in [6.45, 7) is 4.35. The highest BCUT2D eigenvalue weighted by atomic mass is 16.7. The number of hydrogen-bond acceptors (Lipinski definition) is 7. The van der Waals surface area contributed by atoms with Crippen molar-refractivity contribution in [2.24, 2.45) is 0 Å². The van der Waals surface area contributed by atoms with Gasteiger partial charge in [0.05, 0.1) is 6.10 Å². The molecule has 1 aliphatic heterocycles. The first-order valence-electron chi connectivity index (χ1n) is 12.2. The number of ether oxygens (including phenoxy) is 5. The van der Waals surface area contributed by atoms with E-state index in [9.17, 15) is 9.59 Å². The van der Waals surface area contributed by atoms with Crippen molar-refractivity contribution in [3.05, 3.63) is 108 Å². The van der Waals surface area contributed by atoms with Crippen LogP contribution in [0.25, 0.3) is 0 Å². The van der Waals surface area contributed by atoms with Crippen molar-refractivity contribution in [2.75, 3.05) is 7.11 Å². The third-order valence-electron chi connectivity index (χ3n) is 6.42. The quantitative estimate of drug-likeness (QED) is 0.327. The molecule has 1 saturated heterocycles. The predicted octanol–water partition coefficient (Wildman–Crippen LogP) is 4.62. The summed E-state index contributed by atoms with van der Waals surface area (Å²) in [5, 5.41) is 0. The molecular weight excluding hydrogens is 472 g/mol. The van der Waals surface area contributed by atoms with Gasteiger partial charge in [-0.3, -0.25) is 9.59 Å². The molecule has 0 aliphatic carbocycles. The Balaban J connectivity index is 1.94. The molecule has 0 radical (unpaired) electrons. The second-order valence-electron chi connectivity index (χ2n) is 8.96. The minimum absolute atomic E-state index is 0.521. The van der Waals surface area contributed by atoms with Crippen LogP contribution in [0.4, 0.5) is 0 Å². The number of rotatable bonds is 8. The first kappa shape index (κ1) is 26.5. The van der Waals surface area contributed by atoms with Gasteiger partial charge >= 0.3 is 11.9 Å². The van der Waals surface area contributed by atoms with Crippen molar-refractivity contribution in [3.63, 3.8) is 0 Å². The lowest BCUT2D eigenvalue weighted by molar-refractivity contribution is -0.312. The maximum Gasteiger partial charge on any atom is 0.303 e. The predicted molar refractivity (Wildman–Crippen MR) is 137 cm³/mol. The third-order valence-corrected chi connectivity index (χ3v) is 6.42. The molecule has 5 atom stereocenters. The van der Waals surface area contributed by atoms with E-state index in [1.807, 2.05) is 91.0 Å². The molecule has 0 N–H and O–H groups in total. The molecule has 1 fully saturated rings. The van der Waals surface area contributed by atoms with Gasteiger partial charge in [-0.1, -0.05) is 91.0 Å². The standard InChI is InChI=1S/C30H32O7/c1-20-26(35-21(2)31)27(36-22(3)32)28(29(33-4)34-20)37-30(23-14-8-5-9-15-23,24-16-10-6-11-17-24)25-18-12-7-13-19-25/h5-20,26-29H,1-4H3/t20-,26-,27+,28+,29+/m0/s1. The van der Waals surface area contributed by atoms with Crippen molar-refractivity contribution in [3.8, 4) is 0 Å². The average molecular weight is 505 g/mol. The minimum atomic E-state index is -1.14. The normalized spacial score (nSPS) is 23.7. The van der Waals surface area contributed by atoms with E-state index in [0.29, 0.717) is 0 Å². The molecule has 1 heterocycles. The van der Waals surface area contributed by atoms with Crippen LogP contribution in [0.2, 0.25) is 0 Å². The molecule has 37 heavy (non-hydrogen) atoms. The van der Waals surface area contributed by atoms with Gasteiger partial charge < -0.3 is 23.7 Å². The van der Waals surface area contributed by atoms with Gasteiger partial charge in [0.15, 0.2) is 24.6 Å². The second-order valence-corrected chi connectivity index (χ2v) is 8.96. The number of methoxy groups -OCH3 is 1. The zero-order valence-corrected chi connectivity index (χ0v) is 21.4. The smallest absolute Gasteiger partial charge is 0.303 e. The summed E-state index contributed by atoms with van der Waals surface area (Å²) in [6.07, 6.45) is -4.39. The van der Waals surface area contributed by atoms with Gasteiger partial charge in [-0.25, -0.2) is 0 Å². The molecule has 0 saturated carbocycles. The summed E-state index contributed by atoms with van der Waals surface area (Å²) in [7, 11) is 1.50. The number of benzene rings is 3. The highest BCUT2D eigenvalue weighted by Gasteiger charge is 2.53. The fraction of sp³-hybridized carbons (Fsp3) is 0.333. The highest BCUT2D eigenvalue weighted by molar-refractivity contribution is 5.67. The molecule has 0 spiro atoms. The van der Waals surface area contributed by atoms with Crippen molar-refractivity contribution in [2.45, 2.75) is 57.1 Å². The molecule has 3 aromatic carbocycles. The third kappa shape index (κ3) is 5.59. The van der Waals surface area contributed by atoms with E-state index < -0.39 is 48.2 Å². The van der Waals surface area contributed by atoms with Crippen LogP contribution in [0, 0.1) is 0 Å². The molecule has 194 valence electrons. The molecule has 7 nitrogen and oxygen atoms in total. The fourth-order valence-electron chi connectivity index (χ4n) is 4.89. The maximum absolute atomic E-state index is 12.3. The Morgan fingerprint density at radius 3 is 1.46 bits per heavy atom. The van der Waals surface area contributed by atoms with Crippen molar-refractivity contribution in [1.29, 1.82) is 0 Å². The number of carbonyl (C=O) groups is 2. The van der Waals surface area contributed by atoms with E-state index in [4.69, 9.17) is 23.7 Å². The van der Waals surface area contributed by atoms with Crippen LogP contribution in [-0.2, 0) is 38.9 Å². The first-order valence-corrected chi connectivity index (χ1v) is 12.2. The lowest BCUT2D eigenvalue weighted by Crippen LogP contribution is -2.62. The monoisotopic (exact) mass is 504 g/mol. The fourth-order valence-corrected chi connectivity index (χ4v) is 4.89. The van der Waals surface area contributed by atoms with Crippen LogP contribution >= 0.6 is 0 Å². The van der Waals surface area contributed by atoms with Crippen LogP contribution in [0.5, 0.6) is 0 Å². The summed E-state index contributed by atoms with van der Waals surface area (Å²) in [5.74, 6) is -1.06. The maximum atomic E-state index is 12.3. The van der Waals surface area contributed by atoms with Gasteiger partial charge in [0.1, 0.15) is 5.60 Å². The van der Waals surface area contributed by atoms with Gasteiger partial charge in [-0.2, -0.15) is 0 Å². The molecule has 4 rings (SSSR count). The van der Waals surface area contributed by atoms with Crippen LogP contribution in [0.3, 0.4) is 0 Å². The van der Waals surface area contributed by atoms with Crippen molar-refractivity contribution in [1.82, 2.24) is 0 Å². The summed E-state index contributed by atoms with van der Waals surface area (Å²) < 4.78 is 30.3. The number of carbonyl (C=O) groups excluding carboxylic acids is 2. The molecule has 0 bridgehead atoms. The summed E-state index contributed by atoms with van der Waals surface area (Å²) in [5.41, 5.74) is 1.42. The van der Waals surface area contributed by atoms with E-state index in [1.54, 1.807) is 6.92 Å². The summed E-state index contributed by atoms with van der Waals surface area (Å²) in [4.78, 5) is 24.3. The lowest BCUT2D eigenvalue weighted by atomic mass is 9.79. The Morgan fingerprint density at radius 2 is 1.08 bits per heavy atom. The Bertz CT molecular complexity index is 1070. The van der Waals surface area contributed by atoms with Crippen LogP contribution in [-0.4, -0.2) is 49.8 Å². The Hall–Kier alpha value is -3.52. The molecule has 3 aromatic rings. The second kappa shape index (κ2) is 11.7. The molecule has 0 amide bonds. The average Bonchev–Trinajstić information content (AvgIpc) is 2.91. The molecule has 0 aromatic heterocycles. The molecule has 0 unspecified atom stereocenters. The van der Waals surface area contributed by atoms with E-state index in [2.05, 4.69) is 0 Å². The van der Waals surface area contributed by atoms with E-state index in [1.165, 1.54) is 21.0 Å². The van der Waals surface area contributed by atoms with Gasteiger partial charge in [-0.15, -0.1) is 0 Å². The van der Waals surface area contributed by atoms with Crippen LogP contribution in [0.1, 0.15) is 37.5 Å². The molecule has 7 heteroatoms. The zero-order chi connectivity index (χ0) is 26.4. The Morgan fingerprint density at radius 1 is 0.676 bits per heavy atom. The first-order chi connectivity index (χ1) is 17.9. The van der Waals surface area contributed by atoms with E-state index >= 15 is 0 Å². The van der Waals surface area contributed by atoms with Gasteiger partial charge in [0.25, 0.3) is 0 Å². The number of esters is 2. The zero-order valence-electron chi connectivity index (χ0n) is 21.4. The minimum Gasteiger partial charge on any atom is -0.456 e. The SMILES string of the molecule is CO[C@@H]1O[C@@H](C)[C@H](OC(C)=O)[C@@H](OC(C)=O)[C@H]1OC(c1ccccc1)(c1ccccc1)c1ccccc1. The highest BCUT2D eigenvalue weighted by Crippen LogP contribution is 2.44. The van der Waals surface area contributed by atoms with E-state index in [-0.39, 0.29) is 0 Å². The largest absolute Gasteiger partial charge is 0.456 e. The van der Waals surface area contributed by atoms with Crippen LogP contribution < -0.4 is 0 Å². The molecular formula is C30H32O7. The van der Waals surface area contributed by atoms with Crippen LogP contribution in [0.15, 0.2) is 91.0 Å². The van der Waals surface area contributed by atoms with Gasteiger partial charge in [-0.05, 0) is 23.6 Å². The molecule has 1 aliphatic rings. The summed E-state index contributed by atoms with van der Waals surface area (Å²) >= 11 is 0. The summed E-state index contributed by atoms with van der Waals surface area (Å²) in [6, 6.07) is 29.4. The lowest BCUT2D eigenvalue weighted by Gasteiger charge is -2.47. The topological polar surface area (TPSA) is 80.3 Å². The van der Waals surface area contributed by atoms with E-state index in [0.717, 1.165) is 16.7 Å². The Kier molecular flexibility index (Phi) is 8.38.